The molecule has 4 nitrogen and oxygen atoms in total. The third kappa shape index (κ3) is 2.28. The Labute approximate surface area is 121 Å². The smallest absolute Gasteiger partial charge is 0.399 e. The molecule has 3 rings (SSSR count). The van der Waals surface area contributed by atoms with Crippen LogP contribution in [0.4, 0.5) is 0 Å². The molecule has 2 aliphatic heterocycles. The standard InChI is InChI=1S/C15H23BN2O2/c1-14(2)15(3,4)20-16(19-14)12-10-17-9-7-11(12)13-6-5-8-18-13/h7,9-10,13,18H,5-6,8H2,1-4H3/t13-/m1/s1. The Hall–Kier alpha value is -0.905. The van der Waals surface area contributed by atoms with Gasteiger partial charge in [0.2, 0.25) is 0 Å². The summed E-state index contributed by atoms with van der Waals surface area (Å²) in [5, 5.41) is 3.54. The lowest BCUT2D eigenvalue weighted by Crippen LogP contribution is -2.41. The number of hydrogen-bond acceptors (Lipinski definition) is 4. The summed E-state index contributed by atoms with van der Waals surface area (Å²) < 4.78 is 12.3. The van der Waals surface area contributed by atoms with Gasteiger partial charge in [0.05, 0.1) is 11.2 Å². The molecule has 3 heterocycles. The molecule has 1 atom stereocenters. The molecule has 1 aromatic heterocycles. The average molecular weight is 274 g/mol. The van der Waals surface area contributed by atoms with Crippen molar-refractivity contribution < 1.29 is 9.31 Å². The van der Waals surface area contributed by atoms with Gasteiger partial charge < -0.3 is 14.6 Å². The van der Waals surface area contributed by atoms with E-state index in [4.69, 9.17) is 9.31 Å². The third-order valence-corrected chi connectivity index (χ3v) is 4.83. The summed E-state index contributed by atoms with van der Waals surface area (Å²) in [6.07, 6.45) is 6.12. The van der Waals surface area contributed by atoms with E-state index < -0.39 is 0 Å². The van der Waals surface area contributed by atoms with Gasteiger partial charge in [-0.05, 0) is 58.7 Å². The zero-order valence-electron chi connectivity index (χ0n) is 12.8. The zero-order chi connectivity index (χ0) is 14.4. The second-order valence-corrected chi connectivity index (χ2v) is 6.74. The van der Waals surface area contributed by atoms with Crippen LogP contribution >= 0.6 is 0 Å². The van der Waals surface area contributed by atoms with E-state index in [1.165, 1.54) is 12.0 Å². The predicted molar refractivity (Wildman–Crippen MR) is 79.9 cm³/mol. The Morgan fingerprint density at radius 2 is 1.95 bits per heavy atom. The number of aromatic nitrogens is 1. The molecule has 0 amide bonds. The van der Waals surface area contributed by atoms with Gasteiger partial charge in [-0.1, -0.05) is 0 Å². The van der Waals surface area contributed by atoms with Crippen molar-refractivity contribution in [3.63, 3.8) is 0 Å². The molecule has 0 aromatic carbocycles. The molecule has 0 bridgehead atoms. The molecule has 2 fully saturated rings. The molecule has 5 heteroatoms. The van der Waals surface area contributed by atoms with Crippen LogP contribution in [0.5, 0.6) is 0 Å². The van der Waals surface area contributed by atoms with Crippen LogP contribution in [0.25, 0.3) is 0 Å². The first kappa shape index (κ1) is 14.0. The Morgan fingerprint density at radius 1 is 1.25 bits per heavy atom. The summed E-state index contributed by atoms with van der Waals surface area (Å²) in [4.78, 5) is 4.27. The third-order valence-electron chi connectivity index (χ3n) is 4.83. The van der Waals surface area contributed by atoms with E-state index in [2.05, 4.69) is 44.1 Å². The predicted octanol–water partition coefficient (Wildman–Crippen LogP) is 1.81. The second-order valence-electron chi connectivity index (χ2n) is 6.74. The fourth-order valence-corrected chi connectivity index (χ4v) is 2.85. The van der Waals surface area contributed by atoms with E-state index in [0.29, 0.717) is 6.04 Å². The molecular weight excluding hydrogens is 251 g/mol. The van der Waals surface area contributed by atoms with Crippen LogP contribution < -0.4 is 10.8 Å². The van der Waals surface area contributed by atoms with Crippen LogP contribution in [0.15, 0.2) is 18.5 Å². The monoisotopic (exact) mass is 274 g/mol. The summed E-state index contributed by atoms with van der Waals surface area (Å²) >= 11 is 0. The Kier molecular flexibility index (Phi) is 3.39. The topological polar surface area (TPSA) is 43.4 Å². The Bertz CT molecular complexity index is 482. The van der Waals surface area contributed by atoms with Crippen molar-refractivity contribution >= 4 is 12.6 Å². The van der Waals surface area contributed by atoms with Gasteiger partial charge in [-0.15, -0.1) is 0 Å². The molecule has 0 radical (unpaired) electrons. The van der Waals surface area contributed by atoms with Gasteiger partial charge in [-0.2, -0.15) is 0 Å². The molecule has 0 unspecified atom stereocenters. The summed E-state index contributed by atoms with van der Waals surface area (Å²) in [6.45, 7) is 9.40. The first-order valence-corrected chi connectivity index (χ1v) is 7.43. The minimum Gasteiger partial charge on any atom is -0.399 e. The highest BCUT2D eigenvalue weighted by Crippen LogP contribution is 2.37. The van der Waals surface area contributed by atoms with Crippen LogP contribution in [0.1, 0.15) is 52.1 Å². The molecule has 0 saturated carbocycles. The minimum atomic E-state index is -0.328. The average Bonchev–Trinajstić information content (AvgIpc) is 2.97. The number of pyridine rings is 1. The molecule has 108 valence electrons. The van der Waals surface area contributed by atoms with E-state index in [0.717, 1.165) is 18.4 Å². The molecular formula is C15H23BN2O2. The van der Waals surface area contributed by atoms with Crippen molar-refractivity contribution in [2.45, 2.75) is 57.8 Å². The fraction of sp³-hybridized carbons (Fsp3) is 0.667. The van der Waals surface area contributed by atoms with Crippen molar-refractivity contribution in [2.75, 3.05) is 6.54 Å². The molecule has 1 N–H and O–H groups in total. The maximum Gasteiger partial charge on any atom is 0.496 e. The van der Waals surface area contributed by atoms with Crippen LogP contribution in [0.2, 0.25) is 0 Å². The molecule has 0 aliphatic carbocycles. The van der Waals surface area contributed by atoms with E-state index >= 15 is 0 Å². The highest BCUT2D eigenvalue weighted by Gasteiger charge is 2.52. The molecule has 1 aromatic rings. The van der Waals surface area contributed by atoms with E-state index in [1.807, 2.05) is 12.4 Å². The molecule has 20 heavy (non-hydrogen) atoms. The van der Waals surface area contributed by atoms with Gasteiger partial charge in [0.15, 0.2) is 0 Å². The SMILES string of the molecule is CC1(C)OB(c2cnccc2[C@H]2CCCN2)OC1(C)C. The number of nitrogens with one attached hydrogen (secondary N) is 1. The Morgan fingerprint density at radius 3 is 2.55 bits per heavy atom. The first-order chi connectivity index (χ1) is 9.41. The number of nitrogens with zero attached hydrogens (tertiary/aromatic N) is 1. The van der Waals surface area contributed by atoms with Crippen molar-refractivity contribution in [1.29, 1.82) is 0 Å². The lowest BCUT2D eigenvalue weighted by molar-refractivity contribution is 0.00578. The largest absolute Gasteiger partial charge is 0.496 e. The normalized spacial score (nSPS) is 28.0. The highest BCUT2D eigenvalue weighted by molar-refractivity contribution is 6.62. The minimum absolute atomic E-state index is 0.312. The highest BCUT2D eigenvalue weighted by atomic mass is 16.7. The fourth-order valence-electron chi connectivity index (χ4n) is 2.85. The van der Waals surface area contributed by atoms with E-state index in [9.17, 15) is 0 Å². The number of hydrogen-bond donors (Lipinski definition) is 1. The Balaban J connectivity index is 1.92. The van der Waals surface area contributed by atoms with Crippen molar-refractivity contribution in [3.8, 4) is 0 Å². The van der Waals surface area contributed by atoms with Gasteiger partial charge >= 0.3 is 7.12 Å². The summed E-state index contributed by atoms with van der Waals surface area (Å²) in [5.74, 6) is 0. The van der Waals surface area contributed by atoms with Gasteiger partial charge in [0, 0.05) is 23.9 Å². The van der Waals surface area contributed by atoms with Gasteiger partial charge in [0.1, 0.15) is 0 Å². The lowest BCUT2D eigenvalue weighted by atomic mass is 9.75. The molecule has 2 aliphatic rings. The summed E-state index contributed by atoms with van der Waals surface area (Å²) in [5.41, 5.74) is 1.70. The molecule has 2 saturated heterocycles. The quantitative estimate of drug-likeness (QED) is 0.835. The van der Waals surface area contributed by atoms with Crippen LogP contribution in [0.3, 0.4) is 0 Å². The zero-order valence-corrected chi connectivity index (χ0v) is 12.8. The van der Waals surface area contributed by atoms with Crippen LogP contribution in [0, 0.1) is 0 Å². The van der Waals surface area contributed by atoms with Crippen LogP contribution in [-0.4, -0.2) is 29.8 Å². The lowest BCUT2D eigenvalue weighted by Gasteiger charge is -2.32. The second kappa shape index (κ2) is 4.83. The first-order valence-electron chi connectivity index (χ1n) is 7.43. The maximum atomic E-state index is 6.16. The van der Waals surface area contributed by atoms with E-state index in [-0.39, 0.29) is 18.3 Å². The summed E-state index contributed by atoms with van der Waals surface area (Å²) in [7, 11) is -0.328. The number of rotatable bonds is 2. The van der Waals surface area contributed by atoms with Gasteiger partial charge in [-0.3, -0.25) is 4.98 Å². The van der Waals surface area contributed by atoms with Gasteiger partial charge in [-0.25, -0.2) is 0 Å². The van der Waals surface area contributed by atoms with Crippen LogP contribution in [-0.2, 0) is 9.31 Å². The van der Waals surface area contributed by atoms with Gasteiger partial charge in [0.25, 0.3) is 0 Å². The van der Waals surface area contributed by atoms with Crippen molar-refractivity contribution in [1.82, 2.24) is 10.3 Å². The summed E-state index contributed by atoms with van der Waals surface area (Å²) in [6, 6.07) is 2.48. The maximum absolute atomic E-state index is 6.16. The molecule has 0 spiro atoms. The van der Waals surface area contributed by atoms with Crippen molar-refractivity contribution in [2.24, 2.45) is 0 Å². The van der Waals surface area contributed by atoms with Crippen molar-refractivity contribution in [3.05, 3.63) is 24.0 Å². The van der Waals surface area contributed by atoms with E-state index in [1.54, 1.807) is 0 Å².